The molecular formula is C24H32N2O2. The Morgan fingerprint density at radius 3 is 2.50 bits per heavy atom. The number of para-hydroxylation sites is 1. The van der Waals surface area contributed by atoms with Crippen molar-refractivity contribution < 1.29 is 9.53 Å². The van der Waals surface area contributed by atoms with Gasteiger partial charge in [0.05, 0.1) is 5.56 Å². The maximum atomic E-state index is 12.9. The zero-order valence-electron chi connectivity index (χ0n) is 16.8. The van der Waals surface area contributed by atoms with Crippen molar-refractivity contribution in [2.24, 2.45) is 11.7 Å². The minimum Gasteiger partial charge on any atom is -0.485 e. The lowest BCUT2D eigenvalue weighted by Crippen LogP contribution is -2.30. The third kappa shape index (κ3) is 5.66. The van der Waals surface area contributed by atoms with E-state index in [-0.39, 0.29) is 11.9 Å². The van der Waals surface area contributed by atoms with Crippen molar-refractivity contribution in [1.82, 2.24) is 4.90 Å². The largest absolute Gasteiger partial charge is 0.485 e. The fraction of sp³-hybridized carbons (Fsp3) is 0.458. The summed E-state index contributed by atoms with van der Waals surface area (Å²) in [6, 6.07) is 17.7. The highest BCUT2D eigenvalue weighted by Crippen LogP contribution is 2.29. The Balaban J connectivity index is 1.66. The molecule has 2 aromatic carbocycles. The van der Waals surface area contributed by atoms with Crippen LogP contribution in [0.3, 0.4) is 0 Å². The first-order chi connectivity index (χ1) is 13.7. The first-order valence-corrected chi connectivity index (χ1v) is 10.4. The van der Waals surface area contributed by atoms with Gasteiger partial charge in [-0.05, 0) is 69.6 Å². The third-order valence-corrected chi connectivity index (χ3v) is 5.67. The van der Waals surface area contributed by atoms with Gasteiger partial charge in [0, 0.05) is 12.8 Å². The highest BCUT2D eigenvalue weighted by Gasteiger charge is 2.21. The van der Waals surface area contributed by atoms with Crippen molar-refractivity contribution in [3.8, 4) is 5.75 Å². The molecule has 1 unspecified atom stereocenters. The molecule has 1 atom stereocenters. The number of hydrogen-bond acceptors (Lipinski definition) is 4. The van der Waals surface area contributed by atoms with Crippen LogP contribution < -0.4 is 10.5 Å². The second-order valence-electron chi connectivity index (χ2n) is 7.80. The van der Waals surface area contributed by atoms with Gasteiger partial charge in [0.25, 0.3) is 0 Å². The molecule has 0 aromatic heterocycles. The number of carbonyl (C=O) groups is 1. The number of nitrogens with zero attached hydrogens (tertiary/aromatic N) is 1. The standard InChI is InChI=1S/C24H32N2O2/c1-26-17-14-19(15-18-26)11-12-22(27)21-9-5-6-10-24(21)28-23(13-16-25)20-7-3-2-4-8-20/h2-10,19,23H,11-18,25H2,1H3. The van der Waals surface area contributed by atoms with E-state index in [1.807, 2.05) is 54.6 Å². The molecule has 0 saturated carbocycles. The van der Waals surface area contributed by atoms with E-state index < -0.39 is 0 Å². The van der Waals surface area contributed by atoms with Gasteiger partial charge < -0.3 is 15.4 Å². The topological polar surface area (TPSA) is 55.6 Å². The predicted molar refractivity (Wildman–Crippen MR) is 114 cm³/mol. The summed E-state index contributed by atoms with van der Waals surface area (Å²) in [6.07, 6.45) is 4.49. The summed E-state index contributed by atoms with van der Waals surface area (Å²) in [5, 5.41) is 0. The Kier molecular flexibility index (Phi) is 7.63. The van der Waals surface area contributed by atoms with Crippen LogP contribution in [0.25, 0.3) is 0 Å². The fourth-order valence-corrected chi connectivity index (χ4v) is 3.89. The molecule has 0 aliphatic carbocycles. The molecule has 1 fully saturated rings. The van der Waals surface area contributed by atoms with Crippen molar-refractivity contribution in [2.45, 2.75) is 38.2 Å². The Morgan fingerprint density at radius 2 is 1.79 bits per heavy atom. The van der Waals surface area contributed by atoms with Crippen molar-refractivity contribution in [3.05, 3.63) is 65.7 Å². The van der Waals surface area contributed by atoms with Gasteiger partial charge in [-0.1, -0.05) is 42.5 Å². The highest BCUT2D eigenvalue weighted by atomic mass is 16.5. The van der Waals surface area contributed by atoms with Crippen LogP contribution in [0.4, 0.5) is 0 Å². The van der Waals surface area contributed by atoms with Crippen LogP contribution >= 0.6 is 0 Å². The van der Waals surface area contributed by atoms with Gasteiger partial charge in [0.1, 0.15) is 11.9 Å². The molecule has 1 aliphatic heterocycles. The van der Waals surface area contributed by atoms with E-state index >= 15 is 0 Å². The molecule has 28 heavy (non-hydrogen) atoms. The Morgan fingerprint density at radius 1 is 1.11 bits per heavy atom. The summed E-state index contributed by atoms with van der Waals surface area (Å²) >= 11 is 0. The summed E-state index contributed by atoms with van der Waals surface area (Å²) in [4.78, 5) is 15.3. The van der Waals surface area contributed by atoms with Gasteiger partial charge in [-0.2, -0.15) is 0 Å². The van der Waals surface area contributed by atoms with Crippen LogP contribution in [0, 0.1) is 5.92 Å². The van der Waals surface area contributed by atoms with E-state index in [0.717, 1.165) is 25.1 Å². The van der Waals surface area contributed by atoms with Gasteiger partial charge in [-0.25, -0.2) is 0 Å². The number of piperidine rings is 1. The minimum absolute atomic E-state index is 0.144. The molecule has 150 valence electrons. The number of carbonyl (C=O) groups excluding carboxylic acids is 1. The van der Waals surface area contributed by atoms with Crippen LogP contribution in [0.1, 0.15) is 54.1 Å². The van der Waals surface area contributed by atoms with E-state index in [4.69, 9.17) is 10.5 Å². The van der Waals surface area contributed by atoms with Gasteiger partial charge in [-0.3, -0.25) is 4.79 Å². The monoisotopic (exact) mass is 380 g/mol. The predicted octanol–water partition coefficient (Wildman–Crippen LogP) is 4.46. The summed E-state index contributed by atoms with van der Waals surface area (Å²) in [5.74, 6) is 1.50. The van der Waals surface area contributed by atoms with Crippen molar-refractivity contribution in [1.29, 1.82) is 0 Å². The van der Waals surface area contributed by atoms with Crippen LogP contribution in [0.15, 0.2) is 54.6 Å². The lowest BCUT2D eigenvalue weighted by Gasteiger charge is -2.28. The van der Waals surface area contributed by atoms with E-state index in [9.17, 15) is 4.79 Å². The fourth-order valence-electron chi connectivity index (χ4n) is 3.89. The molecule has 1 aliphatic rings. The number of hydrogen-bond donors (Lipinski definition) is 1. The second kappa shape index (κ2) is 10.4. The summed E-state index contributed by atoms with van der Waals surface area (Å²) < 4.78 is 6.29. The summed E-state index contributed by atoms with van der Waals surface area (Å²) in [7, 11) is 2.17. The van der Waals surface area contributed by atoms with Gasteiger partial charge in [0.2, 0.25) is 0 Å². The second-order valence-corrected chi connectivity index (χ2v) is 7.80. The Bertz CT molecular complexity index is 739. The Labute approximate surface area is 168 Å². The molecular weight excluding hydrogens is 348 g/mol. The Hall–Kier alpha value is -2.17. The van der Waals surface area contributed by atoms with E-state index in [1.54, 1.807) is 0 Å². The molecule has 0 amide bonds. The number of ketones is 1. The van der Waals surface area contributed by atoms with Crippen LogP contribution in [0.5, 0.6) is 5.75 Å². The highest BCUT2D eigenvalue weighted by molar-refractivity contribution is 5.98. The first-order valence-electron chi connectivity index (χ1n) is 10.4. The smallest absolute Gasteiger partial charge is 0.166 e. The van der Waals surface area contributed by atoms with Crippen molar-refractivity contribution in [3.63, 3.8) is 0 Å². The molecule has 1 heterocycles. The zero-order valence-corrected chi connectivity index (χ0v) is 16.8. The average Bonchev–Trinajstić information content (AvgIpc) is 2.74. The molecule has 0 radical (unpaired) electrons. The minimum atomic E-state index is -0.144. The van der Waals surface area contributed by atoms with E-state index in [0.29, 0.717) is 36.6 Å². The number of benzene rings is 2. The number of ether oxygens (including phenoxy) is 1. The zero-order chi connectivity index (χ0) is 19.8. The molecule has 0 bridgehead atoms. The number of Topliss-reactive ketones (excluding diaryl/α,β-unsaturated/α-hetero) is 1. The van der Waals surface area contributed by atoms with Gasteiger partial charge >= 0.3 is 0 Å². The number of nitrogens with two attached hydrogens (primary N) is 1. The normalized spacial score (nSPS) is 16.6. The SMILES string of the molecule is CN1CCC(CCC(=O)c2ccccc2OC(CCN)c2ccccc2)CC1. The quantitative estimate of drug-likeness (QED) is 0.653. The van der Waals surface area contributed by atoms with Gasteiger partial charge in [-0.15, -0.1) is 0 Å². The van der Waals surface area contributed by atoms with Crippen LogP contribution in [0.2, 0.25) is 0 Å². The molecule has 4 nitrogen and oxygen atoms in total. The molecule has 4 heteroatoms. The van der Waals surface area contributed by atoms with Crippen molar-refractivity contribution in [2.75, 3.05) is 26.7 Å². The van der Waals surface area contributed by atoms with E-state index in [1.165, 1.54) is 12.8 Å². The van der Waals surface area contributed by atoms with Crippen molar-refractivity contribution >= 4 is 5.78 Å². The molecule has 1 saturated heterocycles. The lowest BCUT2D eigenvalue weighted by atomic mass is 9.90. The molecule has 3 rings (SSSR count). The maximum absolute atomic E-state index is 12.9. The lowest BCUT2D eigenvalue weighted by molar-refractivity contribution is 0.0957. The summed E-state index contributed by atoms with van der Waals surface area (Å²) in [6.45, 7) is 2.80. The van der Waals surface area contributed by atoms with Crippen LogP contribution in [-0.4, -0.2) is 37.4 Å². The molecule has 2 aromatic rings. The number of likely N-dealkylation sites (tertiary alicyclic amines) is 1. The third-order valence-electron chi connectivity index (χ3n) is 5.67. The number of rotatable bonds is 9. The maximum Gasteiger partial charge on any atom is 0.166 e. The first kappa shape index (κ1) is 20.6. The summed E-state index contributed by atoms with van der Waals surface area (Å²) in [5.41, 5.74) is 7.58. The van der Waals surface area contributed by atoms with Gasteiger partial charge in [0.15, 0.2) is 5.78 Å². The van der Waals surface area contributed by atoms with E-state index in [2.05, 4.69) is 11.9 Å². The average molecular weight is 381 g/mol. The molecule has 2 N–H and O–H groups in total. The molecule has 0 spiro atoms. The van der Waals surface area contributed by atoms with Crippen LogP contribution in [-0.2, 0) is 0 Å².